The van der Waals surface area contributed by atoms with Crippen molar-refractivity contribution in [1.82, 2.24) is 4.90 Å². The minimum absolute atomic E-state index is 0.0661. The fraction of sp³-hybridized carbons (Fsp3) is 0.875. The maximum absolute atomic E-state index is 11.2. The number of aliphatic hydroxyl groups is 1. The summed E-state index contributed by atoms with van der Waals surface area (Å²) < 4.78 is 0. The molecule has 0 aliphatic carbocycles. The first-order valence-corrected chi connectivity index (χ1v) is 5.40. The van der Waals surface area contributed by atoms with Gasteiger partial charge in [-0.2, -0.15) is 0 Å². The van der Waals surface area contributed by atoms with E-state index in [2.05, 4.69) is 0 Å². The lowest BCUT2D eigenvalue weighted by molar-refractivity contribution is -0.128. The van der Waals surface area contributed by atoms with Crippen LogP contribution in [-0.2, 0) is 16.6 Å². The summed E-state index contributed by atoms with van der Waals surface area (Å²) in [6, 6.07) is -0.252. The van der Waals surface area contributed by atoms with Gasteiger partial charge in [-0.1, -0.05) is 0 Å². The lowest BCUT2D eigenvalue weighted by Gasteiger charge is -2.13. The molecule has 1 rings (SSSR count). The van der Waals surface area contributed by atoms with Crippen molar-refractivity contribution in [3.8, 4) is 0 Å². The maximum atomic E-state index is 11.2. The molecular formula is C8H17N2O2S+. The Morgan fingerprint density at radius 1 is 1.77 bits per heavy atom. The van der Waals surface area contributed by atoms with Crippen molar-refractivity contribution < 1.29 is 9.90 Å². The summed E-state index contributed by atoms with van der Waals surface area (Å²) in [5.41, 5.74) is 5.73. The number of nitrogens with two attached hydrogens (primary N) is 1. The van der Waals surface area contributed by atoms with E-state index in [0.717, 1.165) is 17.5 Å². The molecule has 1 aliphatic rings. The van der Waals surface area contributed by atoms with E-state index in [0.29, 0.717) is 12.8 Å². The van der Waals surface area contributed by atoms with Crippen molar-refractivity contribution in [2.24, 2.45) is 5.73 Å². The third-order valence-electron chi connectivity index (χ3n) is 2.24. The van der Waals surface area contributed by atoms with Gasteiger partial charge in [-0.3, -0.25) is 4.79 Å². The van der Waals surface area contributed by atoms with Crippen LogP contribution in [0.5, 0.6) is 0 Å². The number of thiol groups is 1. The molecule has 76 valence electrons. The fourth-order valence-electron chi connectivity index (χ4n) is 1.05. The predicted molar refractivity (Wildman–Crippen MR) is 54.5 cm³/mol. The lowest BCUT2D eigenvalue weighted by atomic mass is 10.1. The van der Waals surface area contributed by atoms with Crippen LogP contribution >= 0.6 is 0 Å². The molecule has 13 heavy (non-hydrogen) atoms. The van der Waals surface area contributed by atoms with Gasteiger partial charge in [-0.05, 0) is 6.42 Å². The Balaban J connectivity index is 2.22. The van der Waals surface area contributed by atoms with E-state index in [1.54, 1.807) is 19.0 Å². The SMILES string of the molecule is CN(C)C(=O)CC[C@H](N)[C@]1(O)C[SH+]1. The second-order valence-electron chi connectivity index (χ2n) is 3.63. The molecule has 0 aromatic rings. The van der Waals surface area contributed by atoms with Gasteiger partial charge in [0.1, 0.15) is 0 Å². The highest BCUT2D eigenvalue weighted by Crippen LogP contribution is 2.29. The van der Waals surface area contributed by atoms with Crippen LogP contribution in [0.4, 0.5) is 0 Å². The normalized spacial score (nSPS) is 28.3. The molecular weight excluding hydrogens is 188 g/mol. The third-order valence-corrected chi connectivity index (χ3v) is 3.54. The second kappa shape index (κ2) is 3.86. The van der Waals surface area contributed by atoms with E-state index in [4.69, 9.17) is 5.73 Å². The Hall–Kier alpha value is -0.260. The Labute approximate surface area is 82.5 Å². The van der Waals surface area contributed by atoms with Crippen LogP contribution < -0.4 is 5.73 Å². The molecule has 0 aromatic carbocycles. The summed E-state index contributed by atoms with van der Waals surface area (Å²) in [7, 11) is 3.44. The first-order valence-electron chi connectivity index (χ1n) is 4.32. The molecule has 0 radical (unpaired) electrons. The molecule has 0 bridgehead atoms. The Bertz CT molecular complexity index is 204. The number of amides is 1. The van der Waals surface area contributed by atoms with Gasteiger partial charge >= 0.3 is 0 Å². The van der Waals surface area contributed by atoms with E-state index >= 15 is 0 Å². The first-order chi connectivity index (χ1) is 5.96. The summed E-state index contributed by atoms with van der Waals surface area (Å²) in [5, 5.41) is 9.59. The van der Waals surface area contributed by atoms with Gasteiger partial charge in [0.2, 0.25) is 5.91 Å². The zero-order chi connectivity index (χ0) is 10.1. The van der Waals surface area contributed by atoms with Gasteiger partial charge in [-0.25, -0.2) is 0 Å². The van der Waals surface area contributed by atoms with Crippen LogP contribution in [0.15, 0.2) is 0 Å². The number of hydrogen-bond acceptors (Lipinski definition) is 3. The topological polar surface area (TPSA) is 66.6 Å². The number of hydrogen-bond donors (Lipinski definition) is 2. The van der Waals surface area contributed by atoms with E-state index in [9.17, 15) is 9.90 Å². The fourth-order valence-corrected chi connectivity index (χ4v) is 1.81. The largest absolute Gasteiger partial charge is 0.349 e. The molecule has 3 N–H and O–H groups in total. The highest BCUT2D eigenvalue weighted by Gasteiger charge is 2.58. The minimum Gasteiger partial charge on any atom is -0.349 e. The Morgan fingerprint density at radius 2 is 2.31 bits per heavy atom. The minimum atomic E-state index is -0.688. The van der Waals surface area contributed by atoms with Gasteiger partial charge in [0, 0.05) is 32.3 Å². The Morgan fingerprint density at radius 3 is 2.69 bits per heavy atom. The molecule has 4 nitrogen and oxygen atoms in total. The number of nitrogens with zero attached hydrogens (tertiary/aromatic N) is 1. The quantitative estimate of drug-likeness (QED) is 0.340. The zero-order valence-electron chi connectivity index (χ0n) is 8.03. The van der Waals surface area contributed by atoms with Gasteiger partial charge in [-0.15, -0.1) is 0 Å². The molecule has 0 saturated carbocycles. The first kappa shape index (κ1) is 10.8. The third kappa shape index (κ3) is 2.86. The summed E-state index contributed by atoms with van der Waals surface area (Å²) in [5.74, 6) is 0.820. The molecule has 0 spiro atoms. The highest BCUT2D eigenvalue weighted by molar-refractivity contribution is 7.87. The summed E-state index contributed by atoms with van der Waals surface area (Å²) in [6.07, 6.45) is 0.993. The number of carbonyl (C=O) groups excluding carboxylic acids is 1. The van der Waals surface area contributed by atoms with E-state index in [-0.39, 0.29) is 11.9 Å². The van der Waals surface area contributed by atoms with Crippen molar-refractivity contribution in [2.75, 3.05) is 19.8 Å². The maximum Gasteiger partial charge on any atom is 0.283 e. The molecule has 2 atom stereocenters. The van der Waals surface area contributed by atoms with E-state index in [1.165, 1.54) is 0 Å². The second-order valence-corrected chi connectivity index (χ2v) is 5.03. The molecule has 1 heterocycles. The summed E-state index contributed by atoms with van der Waals surface area (Å²) >= 11 is 1.00. The average molecular weight is 205 g/mol. The van der Waals surface area contributed by atoms with Gasteiger partial charge < -0.3 is 15.7 Å². The van der Waals surface area contributed by atoms with Crippen LogP contribution in [-0.4, -0.2) is 46.7 Å². The highest BCUT2D eigenvalue weighted by atomic mass is 32.2. The van der Waals surface area contributed by atoms with Crippen LogP contribution in [0.3, 0.4) is 0 Å². The lowest BCUT2D eigenvalue weighted by Crippen LogP contribution is -2.38. The molecule has 1 saturated heterocycles. The molecule has 0 unspecified atom stereocenters. The summed E-state index contributed by atoms with van der Waals surface area (Å²) in [4.78, 5) is 12.0. The van der Waals surface area contributed by atoms with Crippen LogP contribution in [0.25, 0.3) is 0 Å². The van der Waals surface area contributed by atoms with E-state index < -0.39 is 4.93 Å². The molecule has 0 aromatic heterocycles. The average Bonchev–Trinajstić information content (AvgIpc) is 2.79. The van der Waals surface area contributed by atoms with Crippen molar-refractivity contribution in [2.45, 2.75) is 23.8 Å². The predicted octanol–water partition coefficient (Wildman–Crippen LogP) is -1.30. The molecule has 1 aliphatic heterocycles. The van der Waals surface area contributed by atoms with Crippen molar-refractivity contribution in [3.05, 3.63) is 0 Å². The van der Waals surface area contributed by atoms with Crippen LogP contribution in [0.1, 0.15) is 12.8 Å². The van der Waals surface area contributed by atoms with Crippen molar-refractivity contribution >= 4 is 17.7 Å². The number of carbonyl (C=O) groups is 1. The van der Waals surface area contributed by atoms with Crippen LogP contribution in [0, 0.1) is 0 Å². The number of rotatable bonds is 4. The van der Waals surface area contributed by atoms with E-state index in [1.807, 2.05) is 0 Å². The zero-order valence-corrected chi connectivity index (χ0v) is 8.92. The summed E-state index contributed by atoms with van der Waals surface area (Å²) in [6.45, 7) is 0. The van der Waals surface area contributed by atoms with Crippen molar-refractivity contribution in [3.63, 3.8) is 0 Å². The van der Waals surface area contributed by atoms with Crippen molar-refractivity contribution in [1.29, 1.82) is 0 Å². The van der Waals surface area contributed by atoms with Gasteiger partial charge in [0.15, 0.2) is 5.75 Å². The molecule has 5 heteroatoms. The smallest absolute Gasteiger partial charge is 0.283 e. The van der Waals surface area contributed by atoms with Gasteiger partial charge in [0.05, 0.1) is 6.04 Å². The molecule has 1 fully saturated rings. The molecule has 1 amide bonds. The Kier molecular flexibility index (Phi) is 3.21. The van der Waals surface area contributed by atoms with Gasteiger partial charge in [0.25, 0.3) is 4.93 Å². The standard InChI is InChI=1S/C8H16N2O2S/c1-10(2)7(11)4-3-6(9)8(12)5-13-8/h6,12H,3-5,9H2,1-2H3/p+1/t6-,8-/m0/s1. The van der Waals surface area contributed by atoms with Crippen LogP contribution in [0.2, 0.25) is 0 Å². The monoisotopic (exact) mass is 205 g/mol.